The predicted molar refractivity (Wildman–Crippen MR) is 101 cm³/mol. The molecule has 0 saturated carbocycles. The van der Waals surface area contributed by atoms with Gasteiger partial charge in [0, 0.05) is 13.7 Å². The Kier molecular flexibility index (Phi) is 8.16. The highest BCUT2D eigenvalue weighted by molar-refractivity contribution is 5.77. The summed E-state index contributed by atoms with van der Waals surface area (Å²) in [5.41, 5.74) is 8.07. The molecule has 0 aromatic heterocycles. The Morgan fingerprint density at radius 2 is 1.72 bits per heavy atom. The van der Waals surface area contributed by atoms with Gasteiger partial charge in [0.05, 0.1) is 18.6 Å². The second-order valence-corrected chi connectivity index (χ2v) is 6.21. The minimum absolute atomic E-state index is 0.00712. The van der Waals surface area contributed by atoms with Gasteiger partial charge in [-0.05, 0) is 30.4 Å². The summed E-state index contributed by atoms with van der Waals surface area (Å²) in [4.78, 5) is 12.3. The molecule has 0 spiro atoms. The molecule has 0 radical (unpaired) electrons. The minimum Gasteiger partial charge on any atom is -0.380 e. The first-order chi connectivity index (χ1) is 12.2. The van der Waals surface area contributed by atoms with Crippen LogP contribution in [0.5, 0.6) is 0 Å². The summed E-state index contributed by atoms with van der Waals surface area (Å²) >= 11 is 0. The molecule has 2 unspecified atom stereocenters. The van der Waals surface area contributed by atoms with E-state index in [-0.39, 0.29) is 24.5 Å². The Bertz CT molecular complexity index is 612. The number of aryl methyl sites for hydroxylation is 1. The van der Waals surface area contributed by atoms with Gasteiger partial charge in [0.2, 0.25) is 5.91 Å². The molecule has 1 amide bonds. The van der Waals surface area contributed by atoms with Gasteiger partial charge in [-0.2, -0.15) is 0 Å². The van der Waals surface area contributed by atoms with Gasteiger partial charge < -0.3 is 15.8 Å². The number of rotatable bonds is 10. The average molecular weight is 340 g/mol. The van der Waals surface area contributed by atoms with Crippen LogP contribution in [0.1, 0.15) is 36.4 Å². The molecule has 4 nitrogen and oxygen atoms in total. The van der Waals surface area contributed by atoms with E-state index in [0.717, 1.165) is 24.8 Å². The van der Waals surface area contributed by atoms with Gasteiger partial charge in [-0.1, -0.05) is 60.7 Å². The lowest BCUT2D eigenvalue weighted by atomic mass is 9.98. The van der Waals surface area contributed by atoms with Crippen LogP contribution in [0.25, 0.3) is 0 Å². The monoisotopic (exact) mass is 340 g/mol. The smallest absolute Gasteiger partial charge is 0.223 e. The number of hydrogen-bond donors (Lipinski definition) is 2. The molecule has 2 aromatic carbocycles. The van der Waals surface area contributed by atoms with E-state index in [0.29, 0.717) is 6.54 Å². The highest BCUT2D eigenvalue weighted by atomic mass is 16.5. The van der Waals surface area contributed by atoms with Crippen molar-refractivity contribution in [2.45, 2.75) is 37.8 Å². The average Bonchev–Trinajstić information content (AvgIpc) is 2.67. The van der Waals surface area contributed by atoms with Gasteiger partial charge in [0.1, 0.15) is 0 Å². The Balaban J connectivity index is 1.95. The normalized spacial score (nSPS) is 13.2. The number of benzene rings is 2. The summed E-state index contributed by atoms with van der Waals surface area (Å²) in [5, 5.41) is 3.14. The fourth-order valence-corrected chi connectivity index (χ4v) is 2.89. The Hall–Kier alpha value is -2.17. The van der Waals surface area contributed by atoms with Gasteiger partial charge in [-0.15, -0.1) is 0 Å². The zero-order valence-electron chi connectivity index (χ0n) is 14.9. The quantitative estimate of drug-likeness (QED) is 0.698. The predicted octanol–water partition coefficient (Wildman–Crippen LogP) is 3.23. The summed E-state index contributed by atoms with van der Waals surface area (Å²) in [5.74, 6) is -0.0223. The molecule has 4 heteroatoms. The van der Waals surface area contributed by atoms with Gasteiger partial charge in [0.25, 0.3) is 0 Å². The molecule has 0 fully saturated rings. The second kappa shape index (κ2) is 10.6. The van der Waals surface area contributed by atoms with E-state index < -0.39 is 0 Å². The van der Waals surface area contributed by atoms with Crippen LogP contribution in [0.15, 0.2) is 60.7 Å². The second-order valence-electron chi connectivity index (χ2n) is 6.21. The van der Waals surface area contributed by atoms with Crippen molar-refractivity contribution < 1.29 is 9.53 Å². The topological polar surface area (TPSA) is 64.3 Å². The van der Waals surface area contributed by atoms with Crippen LogP contribution < -0.4 is 11.1 Å². The van der Waals surface area contributed by atoms with E-state index in [1.54, 1.807) is 7.11 Å². The molecule has 2 aromatic rings. The molecule has 0 aliphatic rings. The van der Waals surface area contributed by atoms with Crippen molar-refractivity contribution in [1.82, 2.24) is 5.32 Å². The third kappa shape index (κ3) is 6.69. The first-order valence-corrected chi connectivity index (χ1v) is 8.84. The van der Waals surface area contributed by atoms with Crippen molar-refractivity contribution in [3.05, 3.63) is 71.8 Å². The zero-order valence-corrected chi connectivity index (χ0v) is 14.9. The van der Waals surface area contributed by atoms with E-state index in [9.17, 15) is 4.79 Å². The summed E-state index contributed by atoms with van der Waals surface area (Å²) in [6.07, 6.45) is 2.96. The van der Waals surface area contributed by atoms with Crippen LogP contribution in [0, 0.1) is 0 Å². The number of nitrogens with one attached hydrogen (secondary N) is 1. The SMILES string of the molecule is COC(CN)CC(=O)NC(CCCc1ccccc1)c1ccccc1. The molecule has 0 bridgehead atoms. The Morgan fingerprint density at radius 1 is 1.08 bits per heavy atom. The van der Waals surface area contributed by atoms with Gasteiger partial charge >= 0.3 is 0 Å². The Morgan fingerprint density at radius 3 is 2.32 bits per heavy atom. The third-order valence-electron chi connectivity index (χ3n) is 4.35. The molecular weight excluding hydrogens is 312 g/mol. The summed E-state index contributed by atoms with van der Waals surface area (Å²) < 4.78 is 5.21. The lowest BCUT2D eigenvalue weighted by Gasteiger charge is -2.21. The third-order valence-corrected chi connectivity index (χ3v) is 4.35. The van der Waals surface area contributed by atoms with Crippen molar-refractivity contribution in [3.8, 4) is 0 Å². The molecule has 0 saturated heterocycles. The number of ether oxygens (including phenoxy) is 1. The maximum atomic E-state index is 12.3. The summed E-state index contributed by atoms with van der Waals surface area (Å²) in [6, 6.07) is 20.5. The van der Waals surface area contributed by atoms with Crippen LogP contribution in [0.3, 0.4) is 0 Å². The number of carbonyl (C=O) groups excluding carboxylic acids is 1. The first kappa shape index (κ1) is 19.2. The zero-order chi connectivity index (χ0) is 17.9. The molecule has 3 N–H and O–H groups in total. The molecule has 25 heavy (non-hydrogen) atoms. The fourth-order valence-electron chi connectivity index (χ4n) is 2.89. The highest BCUT2D eigenvalue weighted by Crippen LogP contribution is 2.20. The standard InChI is InChI=1S/C21H28N2O2/c1-25-19(16-22)15-21(24)23-20(18-12-6-3-7-13-18)14-8-11-17-9-4-2-5-10-17/h2-7,9-10,12-13,19-20H,8,11,14-16,22H2,1H3,(H,23,24). The largest absolute Gasteiger partial charge is 0.380 e. The van der Waals surface area contributed by atoms with Crippen LogP contribution >= 0.6 is 0 Å². The summed E-state index contributed by atoms with van der Waals surface area (Å²) in [7, 11) is 1.58. The molecule has 2 rings (SSSR count). The first-order valence-electron chi connectivity index (χ1n) is 8.84. The minimum atomic E-state index is -0.235. The van der Waals surface area contributed by atoms with Crippen molar-refractivity contribution in [2.75, 3.05) is 13.7 Å². The molecule has 0 heterocycles. The molecule has 0 aliphatic heterocycles. The molecule has 134 valence electrons. The van der Waals surface area contributed by atoms with Gasteiger partial charge in [-0.25, -0.2) is 0 Å². The van der Waals surface area contributed by atoms with Crippen LogP contribution in [0.2, 0.25) is 0 Å². The van der Waals surface area contributed by atoms with Crippen LogP contribution in [-0.4, -0.2) is 25.7 Å². The number of nitrogens with two attached hydrogens (primary N) is 1. The van der Waals surface area contributed by atoms with Gasteiger partial charge in [-0.3, -0.25) is 4.79 Å². The number of methoxy groups -OCH3 is 1. The van der Waals surface area contributed by atoms with E-state index in [4.69, 9.17) is 10.5 Å². The van der Waals surface area contributed by atoms with E-state index >= 15 is 0 Å². The summed E-state index contributed by atoms with van der Waals surface area (Å²) in [6.45, 7) is 0.341. The van der Waals surface area contributed by atoms with Crippen molar-refractivity contribution in [3.63, 3.8) is 0 Å². The van der Waals surface area contributed by atoms with Crippen LogP contribution in [0.4, 0.5) is 0 Å². The molecule has 2 atom stereocenters. The molecule has 0 aliphatic carbocycles. The number of hydrogen-bond acceptors (Lipinski definition) is 3. The van der Waals surface area contributed by atoms with E-state index in [1.807, 2.05) is 24.3 Å². The van der Waals surface area contributed by atoms with Crippen molar-refractivity contribution in [1.29, 1.82) is 0 Å². The lowest BCUT2D eigenvalue weighted by molar-refractivity contribution is -0.124. The maximum absolute atomic E-state index is 12.3. The number of carbonyl (C=O) groups is 1. The highest BCUT2D eigenvalue weighted by Gasteiger charge is 2.17. The Labute approximate surface area is 150 Å². The fraction of sp³-hybridized carbons (Fsp3) is 0.381. The van der Waals surface area contributed by atoms with Gasteiger partial charge in [0.15, 0.2) is 0 Å². The van der Waals surface area contributed by atoms with Crippen LogP contribution in [-0.2, 0) is 16.0 Å². The van der Waals surface area contributed by atoms with Crippen molar-refractivity contribution in [2.24, 2.45) is 5.73 Å². The molecular formula is C21H28N2O2. The van der Waals surface area contributed by atoms with E-state index in [1.165, 1.54) is 5.56 Å². The number of amides is 1. The van der Waals surface area contributed by atoms with E-state index in [2.05, 4.69) is 41.7 Å². The maximum Gasteiger partial charge on any atom is 0.223 e. The van der Waals surface area contributed by atoms with Crippen molar-refractivity contribution >= 4 is 5.91 Å². The lowest BCUT2D eigenvalue weighted by Crippen LogP contribution is -2.34.